The molecule has 434 valence electrons. The van der Waals surface area contributed by atoms with Gasteiger partial charge in [-0.25, -0.2) is 4.57 Å². The van der Waals surface area contributed by atoms with Crippen LogP contribution in [0.1, 0.15) is 239 Å². The van der Waals surface area contributed by atoms with E-state index in [9.17, 15) is 28.9 Å². The Morgan fingerprint density at radius 3 is 1.12 bits per heavy atom. The zero-order valence-electron chi connectivity index (χ0n) is 47.9. The first-order valence-corrected chi connectivity index (χ1v) is 31.3. The molecule has 0 amide bonds. The van der Waals surface area contributed by atoms with Crippen LogP contribution in [-0.2, 0) is 42.2 Å². The fourth-order valence-corrected chi connectivity index (χ4v) is 8.54. The highest BCUT2D eigenvalue weighted by Gasteiger charge is 2.28. The van der Waals surface area contributed by atoms with Crippen LogP contribution in [0.4, 0.5) is 0 Å². The first-order valence-electron chi connectivity index (χ1n) is 29.8. The van der Waals surface area contributed by atoms with Crippen molar-refractivity contribution < 1.29 is 52.2 Å². The van der Waals surface area contributed by atoms with Gasteiger partial charge in [0.25, 0.3) is 0 Å². The van der Waals surface area contributed by atoms with Crippen LogP contribution < -0.4 is 0 Å². The summed E-state index contributed by atoms with van der Waals surface area (Å²) < 4.78 is 39.4. The van der Waals surface area contributed by atoms with Gasteiger partial charge in [-0.15, -0.1) is 0 Å². The van der Waals surface area contributed by atoms with Gasteiger partial charge in [-0.3, -0.25) is 23.4 Å². The highest BCUT2D eigenvalue weighted by atomic mass is 31.2. The van der Waals surface area contributed by atoms with Crippen LogP contribution in [-0.4, -0.2) is 66.5 Å². The van der Waals surface area contributed by atoms with Gasteiger partial charge in [0, 0.05) is 19.3 Å². The van der Waals surface area contributed by atoms with Gasteiger partial charge in [0.2, 0.25) is 0 Å². The molecule has 0 fully saturated rings. The number of carbonyl (C=O) groups excluding carboxylic acids is 3. The van der Waals surface area contributed by atoms with Crippen LogP contribution in [0.2, 0.25) is 0 Å². The van der Waals surface area contributed by atoms with Crippen LogP contribution in [0.5, 0.6) is 0 Å². The second kappa shape index (κ2) is 57.3. The molecule has 0 aromatic rings. The molecular weight excluding hydrogens is 976 g/mol. The molecule has 0 radical (unpaired) electrons. The topological polar surface area (TPSA) is 155 Å². The molecule has 2 N–H and O–H groups in total. The summed E-state index contributed by atoms with van der Waals surface area (Å²) in [5, 5.41) is 9.80. The number of phosphoric acid groups is 1. The summed E-state index contributed by atoms with van der Waals surface area (Å²) in [5.74, 6) is -1.62. The number of ether oxygens (including phenoxy) is 3. The Labute approximate surface area is 463 Å². The summed E-state index contributed by atoms with van der Waals surface area (Å²) in [4.78, 5) is 48.5. The molecule has 11 nitrogen and oxygen atoms in total. The molecular formula is C64H107O11P. The Morgan fingerprint density at radius 2 is 0.711 bits per heavy atom. The summed E-state index contributed by atoms with van der Waals surface area (Å²) in [5.41, 5.74) is 0. The number of carbonyl (C=O) groups is 3. The highest BCUT2D eigenvalue weighted by molar-refractivity contribution is 7.47. The summed E-state index contributed by atoms with van der Waals surface area (Å²) in [7, 11) is -4.78. The van der Waals surface area contributed by atoms with Gasteiger partial charge in [-0.05, 0) is 83.5 Å². The van der Waals surface area contributed by atoms with E-state index in [4.69, 9.17) is 23.3 Å². The number of aliphatic hydroxyl groups excluding tert-OH is 1. The average Bonchev–Trinajstić information content (AvgIpc) is 3.41. The van der Waals surface area contributed by atoms with Gasteiger partial charge in [0.1, 0.15) is 12.7 Å². The lowest BCUT2D eigenvalue weighted by molar-refractivity contribution is -0.161. The zero-order chi connectivity index (χ0) is 55.5. The third-order valence-corrected chi connectivity index (χ3v) is 13.2. The number of aliphatic hydroxyl groups is 1. The standard InChI is InChI=1S/C64H107O11P/c1-4-7-10-13-16-19-22-25-27-29-30-32-34-37-40-43-46-49-52-55-64(68)75-61(57-71-62(66)53-50-47-44-41-38-36-33-31-28-26-23-20-17-14-11-8-5-2)59-73-76(69,70)72-58-60(56-65)74-63(67)54-51-48-45-42-39-35-24-21-18-15-12-9-6-3/h8-9,11-12,17-18,20-21,26,28,33,35-36,39,41,44-45,48,60-61,65H,4-7,10,13-16,19,22-25,27,29-32,34,37-38,40,42-43,46-47,49-59H2,1-3H3,(H,69,70)/b11-8-,12-9-,20-17-,21-18-,28-26-,36-33-,39-35-,44-41-,48-45-. The zero-order valence-corrected chi connectivity index (χ0v) is 48.8. The molecule has 0 rings (SSSR count). The smallest absolute Gasteiger partial charge is 0.462 e. The van der Waals surface area contributed by atoms with E-state index < -0.39 is 57.8 Å². The minimum Gasteiger partial charge on any atom is -0.462 e. The third-order valence-electron chi connectivity index (χ3n) is 12.2. The van der Waals surface area contributed by atoms with E-state index >= 15 is 0 Å². The van der Waals surface area contributed by atoms with E-state index in [1.807, 2.05) is 24.3 Å². The second-order valence-corrected chi connectivity index (χ2v) is 20.9. The van der Waals surface area contributed by atoms with Crippen molar-refractivity contribution in [3.05, 3.63) is 109 Å². The molecule has 0 spiro atoms. The van der Waals surface area contributed by atoms with Crippen molar-refractivity contribution in [3.63, 3.8) is 0 Å². The van der Waals surface area contributed by atoms with Gasteiger partial charge in [-0.1, -0.05) is 246 Å². The molecule has 0 aromatic carbocycles. The van der Waals surface area contributed by atoms with E-state index in [1.54, 1.807) is 0 Å². The Balaban J connectivity index is 4.84. The number of allylic oxidation sites excluding steroid dienone is 18. The molecule has 3 unspecified atom stereocenters. The van der Waals surface area contributed by atoms with Crippen LogP contribution in [0.25, 0.3) is 0 Å². The Hall–Kier alpha value is -3.86. The van der Waals surface area contributed by atoms with Crippen LogP contribution in [0.15, 0.2) is 109 Å². The Morgan fingerprint density at radius 1 is 0.382 bits per heavy atom. The molecule has 12 heteroatoms. The largest absolute Gasteiger partial charge is 0.472 e. The highest BCUT2D eigenvalue weighted by Crippen LogP contribution is 2.43. The molecule has 0 aliphatic carbocycles. The minimum absolute atomic E-state index is 0.0483. The SMILES string of the molecule is CC/C=C\C/C=C\C/C=C\C/C=C\C/C=C\CCCC(=O)OCC(COP(=O)(O)OCC(CO)OC(=O)CC/C=C\C/C=C\C/C=C\C/C=C\CC)OC(=O)CCCCCCCCCCCCCCCCCCCCC. The maximum atomic E-state index is 12.9. The summed E-state index contributed by atoms with van der Waals surface area (Å²) >= 11 is 0. The van der Waals surface area contributed by atoms with Gasteiger partial charge in [0.15, 0.2) is 6.10 Å². The number of phosphoric ester groups is 1. The number of hydrogen-bond donors (Lipinski definition) is 2. The minimum atomic E-state index is -4.78. The van der Waals surface area contributed by atoms with E-state index in [0.717, 1.165) is 77.0 Å². The normalized spacial score (nSPS) is 14.1. The van der Waals surface area contributed by atoms with Crippen LogP contribution >= 0.6 is 7.82 Å². The maximum absolute atomic E-state index is 12.9. The van der Waals surface area contributed by atoms with Gasteiger partial charge in [0.05, 0.1) is 19.8 Å². The fourth-order valence-electron chi connectivity index (χ4n) is 7.76. The lowest BCUT2D eigenvalue weighted by atomic mass is 10.0. The molecule has 0 aliphatic heterocycles. The monoisotopic (exact) mass is 1080 g/mol. The number of esters is 3. The van der Waals surface area contributed by atoms with E-state index in [0.29, 0.717) is 25.7 Å². The van der Waals surface area contributed by atoms with Crippen LogP contribution in [0.3, 0.4) is 0 Å². The Bertz CT molecular complexity index is 1690. The Kier molecular flexibility index (Phi) is 54.4. The van der Waals surface area contributed by atoms with Crippen molar-refractivity contribution in [1.82, 2.24) is 0 Å². The van der Waals surface area contributed by atoms with Crippen molar-refractivity contribution in [3.8, 4) is 0 Å². The van der Waals surface area contributed by atoms with E-state index in [-0.39, 0.29) is 25.9 Å². The van der Waals surface area contributed by atoms with Crippen LogP contribution in [0, 0.1) is 0 Å². The molecule has 0 saturated heterocycles. The predicted octanol–water partition coefficient (Wildman–Crippen LogP) is 17.8. The summed E-state index contributed by atoms with van der Waals surface area (Å²) in [6, 6.07) is 0. The first-order chi connectivity index (χ1) is 37.2. The number of unbranched alkanes of at least 4 members (excludes halogenated alkanes) is 19. The lowest BCUT2D eigenvalue weighted by Crippen LogP contribution is -2.30. The number of hydrogen-bond acceptors (Lipinski definition) is 10. The molecule has 76 heavy (non-hydrogen) atoms. The van der Waals surface area contributed by atoms with E-state index in [2.05, 4.69) is 106 Å². The molecule has 0 aliphatic rings. The van der Waals surface area contributed by atoms with Crippen molar-refractivity contribution >= 4 is 25.7 Å². The quantitative estimate of drug-likeness (QED) is 0.0197. The molecule has 0 heterocycles. The fraction of sp³-hybridized carbons (Fsp3) is 0.672. The van der Waals surface area contributed by atoms with Crippen molar-refractivity contribution in [2.75, 3.05) is 26.4 Å². The molecule has 3 atom stereocenters. The van der Waals surface area contributed by atoms with Crippen molar-refractivity contribution in [2.45, 2.75) is 251 Å². The number of rotatable bonds is 54. The van der Waals surface area contributed by atoms with E-state index in [1.165, 1.54) is 96.3 Å². The van der Waals surface area contributed by atoms with Crippen molar-refractivity contribution in [2.24, 2.45) is 0 Å². The maximum Gasteiger partial charge on any atom is 0.472 e. The van der Waals surface area contributed by atoms with Gasteiger partial charge >= 0.3 is 25.7 Å². The predicted molar refractivity (Wildman–Crippen MR) is 316 cm³/mol. The van der Waals surface area contributed by atoms with Gasteiger partial charge < -0.3 is 24.2 Å². The molecule has 0 bridgehead atoms. The summed E-state index contributed by atoms with van der Waals surface area (Å²) in [6.07, 6.45) is 69.4. The summed E-state index contributed by atoms with van der Waals surface area (Å²) in [6.45, 7) is 4.28. The second-order valence-electron chi connectivity index (χ2n) is 19.4. The van der Waals surface area contributed by atoms with Crippen molar-refractivity contribution in [1.29, 1.82) is 0 Å². The average molecular weight is 1080 g/mol. The molecule has 0 aromatic heterocycles. The first kappa shape index (κ1) is 72.1. The van der Waals surface area contributed by atoms with Gasteiger partial charge in [-0.2, -0.15) is 0 Å². The third kappa shape index (κ3) is 54.9. The lowest BCUT2D eigenvalue weighted by Gasteiger charge is -2.21. The molecule has 0 saturated carbocycles.